The van der Waals surface area contributed by atoms with Gasteiger partial charge in [-0.25, -0.2) is 0 Å². The monoisotopic (exact) mass is 307 g/mol. The SMILES string of the molecule is O=C(NCCOC1CCCCC1)c1ccc(C#CCO)s1. The zero-order valence-corrected chi connectivity index (χ0v) is 12.9. The average molecular weight is 307 g/mol. The maximum atomic E-state index is 11.9. The maximum Gasteiger partial charge on any atom is 0.261 e. The lowest BCUT2D eigenvalue weighted by atomic mass is 9.98. The molecule has 1 aliphatic rings. The van der Waals surface area contributed by atoms with Gasteiger partial charge in [0.25, 0.3) is 5.91 Å². The molecule has 1 aliphatic carbocycles. The van der Waals surface area contributed by atoms with Crippen LogP contribution in [0.4, 0.5) is 0 Å². The van der Waals surface area contributed by atoms with E-state index >= 15 is 0 Å². The van der Waals surface area contributed by atoms with E-state index in [-0.39, 0.29) is 12.5 Å². The van der Waals surface area contributed by atoms with E-state index in [0.717, 1.165) is 17.7 Å². The summed E-state index contributed by atoms with van der Waals surface area (Å²) in [5, 5.41) is 11.5. The summed E-state index contributed by atoms with van der Waals surface area (Å²) in [6.45, 7) is 0.932. The van der Waals surface area contributed by atoms with Crippen molar-refractivity contribution in [3.8, 4) is 11.8 Å². The average Bonchev–Trinajstić information content (AvgIpc) is 2.99. The first kappa shape index (κ1) is 16.0. The number of amides is 1. The lowest BCUT2D eigenvalue weighted by Crippen LogP contribution is -2.28. The van der Waals surface area contributed by atoms with Gasteiger partial charge < -0.3 is 15.2 Å². The number of carbonyl (C=O) groups is 1. The molecule has 2 rings (SSSR count). The fourth-order valence-electron chi connectivity index (χ4n) is 2.36. The number of rotatable bonds is 5. The highest BCUT2D eigenvalue weighted by Crippen LogP contribution is 2.20. The van der Waals surface area contributed by atoms with Gasteiger partial charge in [-0.1, -0.05) is 31.1 Å². The van der Waals surface area contributed by atoms with Crippen molar-refractivity contribution in [2.24, 2.45) is 0 Å². The second kappa shape index (κ2) is 8.83. The summed E-state index contributed by atoms with van der Waals surface area (Å²) in [5.74, 6) is 5.27. The Morgan fingerprint density at radius 3 is 2.95 bits per heavy atom. The van der Waals surface area contributed by atoms with E-state index in [1.165, 1.54) is 30.6 Å². The predicted octanol–water partition coefficient (Wildman–Crippen LogP) is 2.17. The Morgan fingerprint density at radius 1 is 1.38 bits per heavy atom. The molecule has 2 N–H and O–H groups in total. The van der Waals surface area contributed by atoms with Gasteiger partial charge in [-0.3, -0.25) is 4.79 Å². The van der Waals surface area contributed by atoms with Crippen LogP contribution in [0, 0.1) is 11.8 Å². The molecular weight excluding hydrogens is 286 g/mol. The van der Waals surface area contributed by atoms with Gasteiger partial charge in [0, 0.05) is 6.54 Å². The normalized spacial score (nSPS) is 15.3. The number of nitrogens with one attached hydrogen (secondary N) is 1. The summed E-state index contributed by atoms with van der Waals surface area (Å²) in [6.07, 6.45) is 6.49. The number of ether oxygens (including phenoxy) is 1. The number of hydrogen-bond acceptors (Lipinski definition) is 4. The third kappa shape index (κ3) is 5.50. The lowest BCUT2D eigenvalue weighted by Gasteiger charge is -2.21. The second-order valence-corrected chi connectivity index (χ2v) is 6.09. The third-order valence-corrected chi connectivity index (χ3v) is 4.41. The molecule has 0 aromatic carbocycles. The first-order valence-corrected chi connectivity index (χ1v) is 8.20. The van der Waals surface area contributed by atoms with E-state index in [0.29, 0.717) is 24.1 Å². The lowest BCUT2D eigenvalue weighted by molar-refractivity contribution is 0.0300. The fourth-order valence-corrected chi connectivity index (χ4v) is 3.16. The van der Waals surface area contributed by atoms with Gasteiger partial charge in [0.1, 0.15) is 6.61 Å². The molecule has 114 valence electrons. The van der Waals surface area contributed by atoms with Gasteiger partial charge in [0.15, 0.2) is 0 Å². The van der Waals surface area contributed by atoms with Crippen LogP contribution in [0.3, 0.4) is 0 Å². The molecule has 0 atom stereocenters. The molecule has 5 heteroatoms. The van der Waals surface area contributed by atoms with E-state index in [9.17, 15) is 4.79 Å². The van der Waals surface area contributed by atoms with Crippen LogP contribution in [0.2, 0.25) is 0 Å². The maximum absolute atomic E-state index is 11.9. The summed E-state index contributed by atoms with van der Waals surface area (Å²) in [4.78, 5) is 13.3. The van der Waals surface area contributed by atoms with Gasteiger partial charge in [0.05, 0.1) is 22.5 Å². The summed E-state index contributed by atoms with van der Waals surface area (Å²) in [6, 6.07) is 3.55. The Morgan fingerprint density at radius 2 is 2.19 bits per heavy atom. The molecule has 21 heavy (non-hydrogen) atoms. The fraction of sp³-hybridized carbons (Fsp3) is 0.562. The zero-order valence-electron chi connectivity index (χ0n) is 12.1. The number of carbonyl (C=O) groups excluding carboxylic acids is 1. The molecule has 0 radical (unpaired) electrons. The van der Waals surface area contributed by atoms with Crippen molar-refractivity contribution in [2.45, 2.75) is 38.2 Å². The molecule has 4 nitrogen and oxygen atoms in total. The molecule has 0 unspecified atom stereocenters. The summed E-state index contributed by atoms with van der Waals surface area (Å²) in [7, 11) is 0. The van der Waals surface area contributed by atoms with Crippen molar-refractivity contribution in [2.75, 3.05) is 19.8 Å². The van der Waals surface area contributed by atoms with Crippen LogP contribution in [-0.4, -0.2) is 36.9 Å². The molecule has 1 aromatic heterocycles. The molecule has 1 heterocycles. The first-order chi connectivity index (χ1) is 10.3. The van der Waals surface area contributed by atoms with E-state index in [4.69, 9.17) is 9.84 Å². The van der Waals surface area contributed by atoms with Crippen LogP contribution >= 0.6 is 11.3 Å². The highest BCUT2D eigenvalue weighted by Gasteiger charge is 2.13. The molecule has 0 aliphatic heterocycles. The zero-order chi connectivity index (χ0) is 14.9. The summed E-state index contributed by atoms with van der Waals surface area (Å²) < 4.78 is 5.77. The topological polar surface area (TPSA) is 58.6 Å². The van der Waals surface area contributed by atoms with E-state index < -0.39 is 0 Å². The van der Waals surface area contributed by atoms with E-state index in [2.05, 4.69) is 17.2 Å². The molecule has 1 amide bonds. The Kier molecular flexibility index (Phi) is 6.74. The molecule has 0 spiro atoms. The van der Waals surface area contributed by atoms with Crippen molar-refractivity contribution in [1.29, 1.82) is 0 Å². The summed E-state index contributed by atoms with van der Waals surface area (Å²) in [5.41, 5.74) is 0. The van der Waals surface area contributed by atoms with Crippen LogP contribution in [0.1, 0.15) is 46.7 Å². The molecule has 1 fully saturated rings. The smallest absolute Gasteiger partial charge is 0.261 e. The minimum absolute atomic E-state index is 0.0932. The third-order valence-electron chi connectivity index (χ3n) is 3.41. The Bertz CT molecular complexity index is 509. The molecule has 1 saturated carbocycles. The number of aliphatic hydroxyl groups excluding tert-OH is 1. The molecular formula is C16H21NO3S. The number of thiophene rings is 1. The van der Waals surface area contributed by atoms with Crippen LogP contribution < -0.4 is 5.32 Å². The van der Waals surface area contributed by atoms with Gasteiger partial charge in [0.2, 0.25) is 0 Å². The van der Waals surface area contributed by atoms with Crippen LogP contribution in [0.5, 0.6) is 0 Å². The minimum Gasteiger partial charge on any atom is -0.384 e. The van der Waals surface area contributed by atoms with Crippen molar-refractivity contribution in [1.82, 2.24) is 5.32 Å². The van der Waals surface area contributed by atoms with Crippen LogP contribution in [-0.2, 0) is 4.74 Å². The first-order valence-electron chi connectivity index (χ1n) is 7.39. The van der Waals surface area contributed by atoms with Crippen molar-refractivity contribution < 1.29 is 14.6 Å². The highest BCUT2D eigenvalue weighted by molar-refractivity contribution is 7.14. The van der Waals surface area contributed by atoms with Gasteiger partial charge in [-0.05, 0) is 25.0 Å². The highest BCUT2D eigenvalue weighted by atomic mass is 32.1. The van der Waals surface area contributed by atoms with Gasteiger partial charge in [-0.2, -0.15) is 0 Å². The van der Waals surface area contributed by atoms with E-state index in [1.54, 1.807) is 12.1 Å². The molecule has 0 saturated heterocycles. The van der Waals surface area contributed by atoms with Gasteiger partial charge >= 0.3 is 0 Å². The predicted molar refractivity (Wildman–Crippen MR) is 83.4 cm³/mol. The standard InChI is InChI=1S/C16H21NO3S/c18-11-4-7-14-8-9-15(21-14)16(19)17-10-12-20-13-5-2-1-3-6-13/h8-9,13,18H,1-3,5-6,10-12H2,(H,17,19). The van der Waals surface area contributed by atoms with E-state index in [1.807, 2.05) is 0 Å². The summed E-state index contributed by atoms with van der Waals surface area (Å²) >= 11 is 1.33. The molecule has 0 bridgehead atoms. The van der Waals surface area contributed by atoms with Crippen LogP contribution in [0.15, 0.2) is 12.1 Å². The number of hydrogen-bond donors (Lipinski definition) is 2. The Labute approximate surface area is 129 Å². The van der Waals surface area contributed by atoms with Crippen molar-refractivity contribution in [3.63, 3.8) is 0 Å². The number of aliphatic hydroxyl groups is 1. The van der Waals surface area contributed by atoms with Crippen molar-refractivity contribution >= 4 is 17.2 Å². The largest absolute Gasteiger partial charge is 0.384 e. The second-order valence-electron chi connectivity index (χ2n) is 5.01. The van der Waals surface area contributed by atoms with Gasteiger partial charge in [-0.15, -0.1) is 11.3 Å². The quantitative estimate of drug-likeness (QED) is 0.647. The van der Waals surface area contributed by atoms with Crippen LogP contribution in [0.25, 0.3) is 0 Å². The minimum atomic E-state index is -0.169. The Balaban J connectivity index is 1.68. The Hall–Kier alpha value is -1.35. The molecule has 1 aromatic rings. The van der Waals surface area contributed by atoms with Crippen molar-refractivity contribution in [3.05, 3.63) is 21.9 Å².